The highest BCUT2D eigenvalue weighted by atomic mass is 32.2. The molecule has 0 rings (SSSR count). The van der Waals surface area contributed by atoms with Crippen LogP contribution in [-0.2, 0) is 19.6 Å². The minimum absolute atomic E-state index is 0.00748. The molecule has 7 N–H and O–H groups in total. The molecule has 11 nitrogen and oxygen atoms in total. The lowest BCUT2D eigenvalue weighted by Crippen LogP contribution is -2.56. The number of carbonyl (C=O) groups is 3. The van der Waals surface area contributed by atoms with Gasteiger partial charge in [-0.05, 0) is 32.6 Å². The molecule has 0 saturated carbocycles. The number of primary amides is 1. The molecule has 0 aliphatic rings. The SMILES string of the molecule is CC(C)N[C@H](C(=O)N[C@@H](CCCNC(N)=O)C(=O)NCCNS(=O)(=O)C(C)C)C(C)C. The Morgan fingerprint density at radius 2 is 1.48 bits per heavy atom. The molecule has 31 heavy (non-hydrogen) atoms. The number of hydrogen-bond donors (Lipinski definition) is 6. The molecular weight excluding hydrogens is 424 g/mol. The Labute approximate surface area is 186 Å². The van der Waals surface area contributed by atoms with Crippen LogP contribution in [0.15, 0.2) is 0 Å². The molecule has 0 aliphatic heterocycles. The summed E-state index contributed by atoms with van der Waals surface area (Å²) in [4.78, 5) is 36.2. The van der Waals surface area contributed by atoms with Gasteiger partial charge in [-0.3, -0.25) is 9.59 Å². The number of nitrogens with two attached hydrogens (primary N) is 1. The molecular formula is C19H40N6O5S. The molecule has 4 amide bonds. The predicted molar refractivity (Wildman–Crippen MR) is 121 cm³/mol. The number of nitrogens with one attached hydrogen (secondary N) is 5. The number of rotatable bonds is 15. The van der Waals surface area contributed by atoms with Crippen molar-refractivity contribution in [3.8, 4) is 0 Å². The first kappa shape index (κ1) is 29.1. The molecule has 0 fully saturated rings. The molecule has 182 valence electrons. The van der Waals surface area contributed by atoms with Crippen molar-refractivity contribution in [1.29, 1.82) is 0 Å². The fourth-order valence-electron chi connectivity index (χ4n) is 2.65. The number of sulfonamides is 1. The summed E-state index contributed by atoms with van der Waals surface area (Å²) >= 11 is 0. The molecule has 0 spiro atoms. The average molecular weight is 465 g/mol. The molecule has 0 saturated heterocycles. The summed E-state index contributed by atoms with van der Waals surface area (Å²) in [5.41, 5.74) is 5.04. The van der Waals surface area contributed by atoms with E-state index in [1.54, 1.807) is 13.8 Å². The van der Waals surface area contributed by atoms with Gasteiger partial charge in [0, 0.05) is 25.7 Å². The fraction of sp³-hybridized carbons (Fsp3) is 0.842. The molecule has 0 aromatic carbocycles. The lowest BCUT2D eigenvalue weighted by molar-refractivity contribution is -0.130. The van der Waals surface area contributed by atoms with Gasteiger partial charge in [-0.2, -0.15) is 0 Å². The minimum atomic E-state index is -3.42. The lowest BCUT2D eigenvalue weighted by Gasteiger charge is -2.27. The highest BCUT2D eigenvalue weighted by Gasteiger charge is 2.27. The van der Waals surface area contributed by atoms with Gasteiger partial charge in [-0.1, -0.05) is 27.7 Å². The van der Waals surface area contributed by atoms with Crippen LogP contribution in [-0.4, -0.2) is 69.3 Å². The maximum atomic E-state index is 12.8. The van der Waals surface area contributed by atoms with E-state index in [4.69, 9.17) is 5.73 Å². The first-order valence-corrected chi connectivity index (χ1v) is 12.2. The third-order valence-electron chi connectivity index (χ3n) is 4.41. The van der Waals surface area contributed by atoms with Crippen LogP contribution in [0.2, 0.25) is 0 Å². The smallest absolute Gasteiger partial charge is 0.312 e. The summed E-state index contributed by atoms with van der Waals surface area (Å²) in [6.07, 6.45) is 0.702. The van der Waals surface area contributed by atoms with Crippen LogP contribution in [0.3, 0.4) is 0 Å². The van der Waals surface area contributed by atoms with Crippen LogP contribution in [0.1, 0.15) is 54.4 Å². The quantitative estimate of drug-likeness (QED) is 0.176. The summed E-state index contributed by atoms with van der Waals surface area (Å²) in [5.74, 6) is -0.719. The molecule has 0 aromatic rings. The maximum absolute atomic E-state index is 12.8. The third-order valence-corrected chi connectivity index (χ3v) is 6.26. The molecule has 0 heterocycles. The van der Waals surface area contributed by atoms with Crippen LogP contribution >= 0.6 is 0 Å². The zero-order chi connectivity index (χ0) is 24.2. The Morgan fingerprint density at radius 3 is 1.97 bits per heavy atom. The zero-order valence-corrected chi connectivity index (χ0v) is 20.3. The van der Waals surface area contributed by atoms with Crippen molar-refractivity contribution >= 4 is 27.9 Å². The highest BCUT2D eigenvalue weighted by molar-refractivity contribution is 7.90. The second-order valence-electron chi connectivity index (χ2n) is 8.32. The molecule has 0 unspecified atom stereocenters. The minimum Gasteiger partial charge on any atom is -0.353 e. The van der Waals surface area contributed by atoms with Gasteiger partial charge in [0.1, 0.15) is 6.04 Å². The van der Waals surface area contributed by atoms with Gasteiger partial charge >= 0.3 is 6.03 Å². The van der Waals surface area contributed by atoms with Gasteiger partial charge in [-0.15, -0.1) is 0 Å². The molecule has 12 heteroatoms. The van der Waals surface area contributed by atoms with E-state index in [1.807, 2.05) is 27.7 Å². The molecule has 0 radical (unpaired) electrons. The number of carbonyl (C=O) groups excluding carboxylic acids is 3. The number of urea groups is 1. The van der Waals surface area contributed by atoms with Crippen LogP contribution in [0.5, 0.6) is 0 Å². The van der Waals surface area contributed by atoms with Gasteiger partial charge in [0.05, 0.1) is 11.3 Å². The van der Waals surface area contributed by atoms with Crippen LogP contribution in [0.4, 0.5) is 4.79 Å². The third kappa shape index (κ3) is 12.5. The van der Waals surface area contributed by atoms with E-state index in [-0.39, 0.29) is 43.9 Å². The fourth-order valence-corrected chi connectivity index (χ4v) is 3.37. The van der Waals surface area contributed by atoms with E-state index in [2.05, 4.69) is 26.0 Å². The van der Waals surface area contributed by atoms with Crippen molar-refractivity contribution in [2.24, 2.45) is 11.7 Å². The summed E-state index contributed by atoms with van der Waals surface area (Å²) < 4.78 is 26.0. The van der Waals surface area contributed by atoms with Gasteiger partial charge in [0.2, 0.25) is 21.8 Å². The van der Waals surface area contributed by atoms with Crippen molar-refractivity contribution in [1.82, 2.24) is 26.0 Å². The summed E-state index contributed by atoms with van der Waals surface area (Å²) in [5, 5.41) is 10.5. The Bertz CT molecular complexity index is 681. The van der Waals surface area contributed by atoms with E-state index < -0.39 is 39.3 Å². The van der Waals surface area contributed by atoms with Crippen LogP contribution < -0.4 is 31.7 Å². The number of amides is 4. The highest BCUT2D eigenvalue weighted by Crippen LogP contribution is 2.06. The molecule has 0 aromatic heterocycles. The van der Waals surface area contributed by atoms with Crippen molar-refractivity contribution in [2.45, 2.75) is 77.8 Å². The molecule has 0 bridgehead atoms. The van der Waals surface area contributed by atoms with Gasteiger partial charge in [0.25, 0.3) is 0 Å². The average Bonchev–Trinajstić information content (AvgIpc) is 2.64. The summed E-state index contributed by atoms with van der Waals surface area (Å²) in [7, 11) is -3.42. The van der Waals surface area contributed by atoms with Crippen molar-refractivity contribution in [2.75, 3.05) is 19.6 Å². The van der Waals surface area contributed by atoms with Crippen LogP contribution in [0.25, 0.3) is 0 Å². The van der Waals surface area contributed by atoms with E-state index in [0.717, 1.165) is 0 Å². The standard InChI is InChI=1S/C19H40N6O5S/c1-12(2)16(24-13(3)4)18(27)25-15(8-7-9-22-19(20)28)17(26)21-10-11-23-31(29,30)14(5)6/h12-16,23-24H,7-11H2,1-6H3,(H,21,26)(H,25,27)(H3,20,22,28)/t15-,16-/m0/s1. The van der Waals surface area contributed by atoms with Crippen molar-refractivity contribution in [3.05, 3.63) is 0 Å². The Morgan fingerprint density at radius 1 is 0.871 bits per heavy atom. The number of hydrogen-bond acceptors (Lipinski definition) is 6. The van der Waals surface area contributed by atoms with E-state index >= 15 is 0 Å². The zero-order valence-electron chi connectivity index (χ0n) is 19.4. The second-order valence-corrected chi connectivity index (χ2v) is 10.6. The Balaban J connectivity index is 4.99. The largest absolute Gasteiger partial charge is 0.353 e. The van der Waals surface area contributed by atoms with E-state index in [0.29, 0.717) is 6.42 Å². The monoisotopic (exact) mass is 464 g/mol. The van der Waals surface area contributed by atoms with Gasteiger partial charge < -0.3 is 27.0 Å². The van der Waals surface area contributed by atoms with Gasteiger partial charge in [0.15, 0.2) is 0 Å². The second kappa shape index (κ2) is 14.2. The van der Waals surface area contributed by atoms with E-state index in [9.17, 15) is 22.8 Å². The first-order valence-electron chi connectivity index (χ1n) is 10.6. The maximum Gasteiger partial charge on any atom is 0.312 e. The van der Waals surface area contributed by atoms with Crippen molar-refractivity contribution < 1.29 is 22.8 Å². The van der Waals surface area contributed by atoms with Gasteiger partial charge in [-0.25, -0.2) is 17.9 Å². The summed E-state index contributed by atoms with van der Waals surface area (Å²) in [6.45, 7) is 11.2. The Hall–Kier alpha value is -1.92. The molecule has 2 atom stereocenters. The Kier molecular flexibility index (Phi) is 13.3. The van der Waals surface area contributed by atoms with Crippen molar-refractivity contribution in [3.63, 3.8) is 0 Å². The lowest BCUT2D eigenvalue weighted by atomic mass is 10.0. The van der Waals surface area contributed by atoms with E-state index in [1.165, 1.54) is 0 Å². The first-order chi connectivity index (χ1) is 14.3. The van der Waals surface area contributed by atoms with Crippen LogP contribution in [0, 0.1) is 5.92 Å². The predicted octanol–water partition coefficient (Wildman–Crippen LogP) is -0.614. The topological polar surface area (TPSA) is 172 Å². The normalized spacial score (nSPS) is 13.8. The summed E-state index contributed by atoms with van der Waals surface area (Å²) in [6, 6.07) is -1.89. The molecule has 0 aliphatic carbocycles.